The fraction of sp³-hybridized carbons (Fsp3) is 0.778. The second-order valence-electron chi connectivity index (χ2n) is 18.1. The Balaban J connectivity index is 1.27. The zero-order chi connectivity index (χ0) is 41.6. The minimum Gasteiger partial charge on any atom is -0.443 e. The normalized spacial score (nSPS) is 23.6. The van der Waals surface area contributed by atoms with Crippen LogP contribution in [0.4, 0.5) is 10.6 Å². The highest BCUT2D eigenvalue weighted by atomic mass is 31.2. The fourth-order valence-electron chi connectivity index (χ4n) is 6.99. The van der Waals surface area contributed by atoms with E-state index in [1.165, 1.54) is 21.5 Å². The Morgan fingerprint density at radius 2 is 1.86 bits per heavy atom. The molecule has 0 radical (unpaired) electrons. The van der Waals surface area contributed by atoms with Gasteiger partial charge < -0.3 is 37.7 Å². The van der Waals surface area contributed by atoms with Crippen LogP contribution in [-0.4, -0.2) is 142 Å². The molecule has 3 aromatic rings. The van der Waals surface area contributed by atoms with Crippen molar-refractivity contribution in [3.8, 4) is 0 Å². The lowest BCUT2D eigenvalue weighted by Gasteiger charge is -2.37. The van der Waals surface area contributed by atoms with Gasteiger partial charge in [-0.3, -0.25) is 9.69 Å². The van der Waals surface area contributed by atoms with Crippen molar-refractivity contribution >= 4 is 44.4 Å². The molecule has 316 valence electrons. The number of methoxy groups -OCH3 is 1. The number of hydrogen-bond acceptors (Lipinski definition) is 16. The number of aromatic nitrogens is 8. The highest BCUT2D eigenvalue weighted by molar-refractivity contribution is 7.63. The van der Waals surface area contributed by atoms with Crippen LogP contribution in [-0.2, 0) is 50.9 Å². The molecule has 6 rings (SSSR count). The monoisotopic (exact) mass is 835 g/mol. The summed E-state index contributed by atoms with van der Waals surface area (Å²) >= 11 is 0. The molecule has 1 aliphatic carbocycles. The Bertz CT molecular complexity index is 1960. The van der Waals surface area contributed by atoms with Gasteiger partial charge in [-0.05, 0) is 78.5 Å². The van der Waals surface area contributed by atoms with E-state index in [0.29, 0.717) is 24.1 Å². The molecule has 57 heavy (non-hydrogen) atoms. The molecule has 1 amide bonds. The van der Waals surface area contributed by atoms with Crippen molar-refractivity contribution in [2.75, 3.05) is 45.2 Å². The summed E-state index contributed by atoms with van der Waals surface area (Å²) < 4.78 is 58.9. The van der Waals surface area contributed by atoms with Crippen LogP contribution in [0.1, 0.15) is 76.6 Å². The lowest BCUT2D eigenvalue weighted by molar-refractivity contribution is -0.206. The van der Waals surface area contributed by atoms with Crippen molar-refractivity contribution in [1.82, 2.24) is 40.0 Å². The van der Waals surface area contributed by atoms with E-state index in [4.69, 9.17) is 33.2 Å². The smallest absolute Gasteiger partial charge is 0.416 e. The molecule has 3 aliphatic rings. The lowest BCUT2D eigenvalue weighted by atomic mass is 9.91. The molecule has 1 unspecified atom stereocenters. The first-order chi connectivity index (χ1) is 26.6. The molecule has 3 fully saturated rings. The first kappa shape index (κ1) is 43.3. The predicted octanol–water partition coefficient (Wildman–Crippen LogP) is 4.87. The Morgan fingerprint density at radius 3 is 2.47 bits per heavy atom. The minimum absolute atomic E-state index is 0.0290. The third-order valence-electron chi connectivity index (χ3n) is 10.2. The van der Waals surface area contributed by atoms with E-state index >= 15 is 0 Å². The summed E-state index contributed by atoms with van der Waals surface area (Å²) in [7, 11) is -2.86. The molecule has 2 saturated heterocycles. The number of amides is 1. The highest BCUT2D eigenvalue weighted by Crippen LogP contribution is 2.54. The molecule has 0 spiro atoms. The van der Waals surface area contributed by atoms with Gasteiger partial charge in [0.25, 0.3) is 0 Å². The molecule has 0 N–H and O–H groups in total. The number of rotatable bonds is 17. The van der Waals surface area contributed by atoms with Crippen molar-refractivity contribution in [3.63, 3.8) is 0 Å². The highest BCUT2D eigenvalue weighted by Gasteiger charge is 2.58. The second kappa shape index (κ2) is 16.4. The zero-order valence-electron chi connectivity index (χ0n) is 35.0. The molecule has 21 heteroatoms. The zero-order valence-corrected chi connectivity index (χ0v) is 36.9. The molecule has 1 saturated carbocycles. The first-order valence-electron chi connectivity index (χ1n) is 19.4. The SMILES string of the molecule is COCC(Cc1nnn(COCC[Si](C)(C)C)n1)(OC[C@H]1O[C@@H](n2ncc3c(N(C(=O)OC(C)(C)C)C4CCC4)nc(C=O)nc32)[C@@H]2OC(C)(C)O[C@@H]21)P(C)(C)=O. The van der Waals surface area contributed by atoms with E-state index in [1.807, 2.05) is 0 Å². The molecule has 0 bridgehead atoms. The molecule has 2 aliphatic heterocycles. The summed E-state index contributed by atoms with van der Waals surface area (Å²) in [5.41, 5.74) is -0.507. The van der Waals surface area contributed by atoms with Gasteiger partial charge in [-0.15, -0.1) is 15.0 Å². The van der Waals surface area contributed by atoms with Crippen molar-refractivity contribution in [3.05, 3.63) is 17.8 Å². The average Bonchev–Trinajstić information content (AvgIpc) is 3.84. The van der Waals surface area contributed by atoms with Crippen LogP contribution in [0.15, 0.2) is 6.20 Å². The van der Waals surface area contributed by atoms with Gasteiger partial charge in [0, 0.05) is 34.3 Å². The van der Waals surface area contributed by atoms with Crippen molar-refractivity contribution < 1.29 is 47.3 Å². The van der Waals surface area contributed by atoms with Crippen molar-refractivity contribution in [2.24, 2.45) is 0 Å². The van der Waals surface area contributed by atoms with E-state index in [9.17, 15) is 14.2 Å². The third-order valence-corrected chi connectivity index (χ3v) is 14.3. The Morgan fingerprint density at radius 1 is 1.14 bits per heavy atom. The van der Waals surface area contributed by atoms with Crippen molar-refractivity contribution in [1.29, 1.82) is 0 Å². The van der Waals surface area contributed by atoms with Crippen LogP contribution < -0.4 is 4.90 Å². The summed E-state index contributed by atoms with van der Waals surface area (Å²) in [6.07, 6.45) is 0.989. The second-order valence-corrected chi connectivity index (χ2v) is 27.2. The van der Waals surface area contributed by atoms with E-state index in [-0.39, 0.29) is 49.7 Å². The minimum atomic E-state index is -3.11. The maximum absolute atomic E-state index is 14.1. The van der Waals surface area contributed by atoms with Crippen LogP contribution in [0, 0.1) is 0 Å². The summed E-state index contributed by atoms with van der Waals surface area (Å²) in [6, 6.07) is 0.833. The standard InChI is InChI=1S/C36H58N9O10PSi/c1-34(2,3)55-33(47)44(23-13-12-14-23)30-24-18-37-45(31(24)39-27(19-46)38-30)32-29-28(53-35(4,5)54-29)25(52-32)20-51-36(21-49-6,56(7,8)48)17-26-40-42-43(41-26)22-50-15-16-57(9,10)11/h18-19,23,25,28-29,32H,12-17,20-22H2,1-11H3/t25-,28-,29-,32-,36?/m1/s1. The van der Waals surface area contributed by atoms with E-state index in [0.717, 1.165) is 25.3 Å². The number of carbonyl (C=O) groups is 2. The summed E-state index contributed by atoms with van der Waals surface area (Å²) in [6.45, 7) is 19.7. The number of aldehydes is 1. The Labute approximate surface area is 334 Å². The quantitative estimate of drug-likeness (QED) is 0.0769. The number of ether oxygens (including phenoxy) is 7. The number of carbonyl (C=O) groups excluding carboxylic acids is 2. The molecule has 5 atom stereocenters. The van der Waals surface area contributed by atoms with E-state index in [1.54, 1.807) is 54.1 Å². The maximum Gasteiger partial charge on any atom is 0.416 e. The molecule has 0 aromatic carbocycles. The van der Waals surface area contributed by atoms with Gasteiger partial charge >= 0.3 is 6.09 Å². The Hall–Kier alpha value is -3.23. The molecular formula is C36H58N9O10PSi. The molecule has 5 heterocycles. The first-order valence-corrected chi connectivity index (χ1v) is 25.7. The van der Waals surface area contributed by atoms with Gasteiger partial charge in [0.2, 0.25) is 0 Å². The van der Waals surface area contributed by atoms with Gasteiger partial charge in [-0.2, -0.15) is 5.10 Å². The largest absolute Gasteiger partial charge is 0.443 e. The average molecular weight is 836 g/mol. The van der Waals surface area contributed by atoms with Crippen LogP contribution in [0.2, 0.25) is 25.7 Å². The predicted molar refractivity (Wildman–Crippen MR) is 210 cm³/mol. The lowest BCUT2D eigenvalue weighted by Crippen LogP contribution is -2.47. The number of hydrogen-bond donors (Lipinski definition) is 0. The summed E-state index contributed by atoms with van der Waals surface area (Å²) in [5, 5.41) is 16.6. The van der Waals surface area contributed by atoms with Gasteiger partial charge in [0.15, 0.2) is 53.5 Å². The Kier molecular flexibility index (Phi) is 12.5. The number of fused-ring (bicyclic) bond motifs is 2. The molecule has 19 nitrogen and oxygen atoms in total. The van der Waals surface area contributed by atoms with Crippen molar-refractivity contribution in [2.45, 2.75) is 140 Å². The van der Waals surface area contributed by atoms with Crippen LogP contribution >= 0.6 is 7.14 Å². The summed E-state index contributed by atoms with van der Waals surface area (Å²) in [4.78, 5) is 37.8. The van der Waals surface area contributed by atoms with Gasteiger partial charge in [0.1, 0.15) is 31.1 Å². The van der Waals surface area contributed by atoms with E-state index < -0.39 is 62.6 Å². The van der Waals surface area contributed by atoms with Crippen LogP contribution in [0.25, 0.3) is 11.0 Å². The maximum atomic E-state index is 14.1. The number of nitrogens with zero attached hydrogens (tertiary/aromatic N) is 9. The van der Waals surface area contributed by atoms with Crippen LogP contribution in [0.5, 0.6) is 0 Å². The number of tetrazole rings is 1. The van der Waals surface area contributed by atoms with Crippen LogP contribution in [0.3, 0.4) is 0 Å². The van der Waals surface area contributed by atoms with E-state index in [2.05, 4.69) is 50.1 Å². The topological polar surface area (TPSA) is 206 Å². The third kappa shape index (κ3) is 9.81. The number of anilines is 1. The van der Waals surface area contributed by atoms with Gasteiger partial charge in [-0.25, -0.2) is 19.4 Å². The fourth-order valence-corrected chi connectivity index (χ4v) is 9.09. The van der Waals surface area contributed by atoms with Gasteiger partial charge in [-0.1, -0.05) is 19.6 Å². The molecule has 3 aromatic heterocycles. The molecular weight excluding hydrogens is 778 g/mol. The van der Waals surface area contributed by atoms with Gasteiger partial charge in [0.05, 0.1) is 24.8 Å². The summed E-state index contributed by atoms with van der Waals surface area (Å²) in [5.74, 6) is -0.597.